The number of carbonyl (C=O) groups is 2. The number of anilines is 1. The van der Waals surface area contributed by atoms with Crippen molar-refractivity contribution in [1.29, 1.82) is 0 Å². The third kappa shape index (κ3) is 5.87. The van der Waals surface area contributed by atoms with E-state index in [4.69, 9.17) is 9.15 Å². The zero-order valence-electron chi connectivity index (χ0n) is 20.2. The molecule has 2 aromatic heterocycles. The number of hydrogen-bond donors (Lipinski definition) is 1. The number of aryl methyl sites for hydroxylation is 1. The van der Waals surface area contributed by atoms with E-state index in [2.05, 4.69) is 10.4 Å². The Morgan fingerprint density at radius 3 is 2.44 bits per heavy atom. The first-order chi connectivity index (χ1) is 16.2. The van der Waals surface area contributed by atoms with Gasteiger partial charge in [-0.15, -0.1) is 0 Å². The molecule has 1 aliphatic carbocycles. The Morgan fingerprint density at radius 1 is 1.12 bits per heavy atom. The first-order valence-electron chi connectivity index (χ1n) is 11.7. The second kappa shape index (κ2) is 9.75. The molecule has 0 unspecified atom stereocenters. The summed E-state index contributed by atoms with van der Waals surface area (Å²) >= 11 is 0. The topological polar surface area (TPSA) is 89.6 Å². The van der Waals surface area contributed by atoms with Gasteiger partial charge in [0, 0.05) is 23.5 Å². The van der Waals surface area contributed by atoms with Crippen LogP contribution in [0.5, 0.6) is 0 Å². The number of urea groups is 1. The van der Waals surface area contributed by atoms with E-state index in [0.717, 1.165) is 48.3 Å². The standard InChI is InChI=1S/C26H32N4O4/c1-18-9-14-23(33-18)17-29(22-7-5-6-8-22)24(31)28-21-12-10-19(11-13-21)20-15-27-30(16-20)25(32)34-26(2,3)4/h9-16,22H,5-8,17H2,1-4H3,(H,28,31). The summed E-state index contributed by atoms with van der Waals surface area (Å²) in [6, 6.07) is 11.4. The molecule has 4 rings (SSSR count). The summed E-state index contributed by atoms with van der Waals surface area (Å²) in [6.07, 6.45) is 7.01. The Bertz CT molecular complexity index is 1130. The molecule has 2 heterocycles. The third-order valence-electron chi connectivity index (χ3n) is 5.78. The zero-order valence-corrected chi connectivity index (χ0v) is 20.2. The van der Waals surface area contributed by atoms with Crippen LogP contribution < -0.4 is 5.32 Å². The summed E-state index contributed by atoms with van der Waals surface area (Å²) in [5.74, 6) is 1.63. The molecular weight excluding hydrogens is 432 g/mol. The summed E-state index contributed by atoms with van der Waals surface area (Å²) in [5.41, 5.74) is 1.77. The second-order valence-corrected chi connectivity index (χ2v) is 9.74. The summed E-state index contributed by atoms with van der Waals surface area (Å²) in [6.45, 7) is 7.79. The van der Waals surface area contributed by atoms with Gasteiger partial charge in [0.2, 0.25) is 0 Å². The van der Waals surface area contributed by atoms with Crippen molar-refractivity contribution >= 4 is 17.8 Å². The van der Waals surface area contributed by atoms with Crippen molar-refractivity contribution in [1.82, 2.24) is 14.7 Å². The Balaban J connectivity index is 1.43. The zero-order chi connectivity index (χ0) is 24.3. The highest BCUT2D eigenvalue weighted by atomic mass is 16.6. The maximum absolute atomic E-state index is 13.2. The third-order valence-corrected chi connectivity index (χ3v) is 5.78. The average molecular weight is 465 g/mol. The lowest BCUT2D eigenvalue weighted by Crippen LogP contribution is -2.41. The van der Waals surface area contributed by atoms with Crippen LogP contribution in [0.2, 0.25) is 0 Å². The number of rotatable bonds is 5. The van der Waals surface area contributed by atoms with Crippen molar-refractivity contribution < 1.29 is 18.7 Å². The van der Waals surface area contributed by atoms with E-state index in [1.54, 1.807) is 12.4 Å². The number of nitrogens with zero attached hydrogens (tertiary/aromatic N) is 3. The highest BCUT2D eigenvalue weighted by Gasteiger charge is 2.28. The first kappa shape index (κ1) is 23.6. The fourth-order valence-corrected chi connectivity index (χ4v) is 4.14. The van der Waals surface area contributed by atoms with Gasteiger partial charge in [-0.3, -0.25) is 0 Å². The van der Waals surface area contributed by atoms with Gasteiger partial charge in [-0.1, -0.05) is 25.0 Å². The van der Waals surface area contributed by atoms with Crippen molar-refractivity contribution in [2.24, 2.45) is 0 Å². The molecule has 1 fully saturated rings. The molecule has 1 N–H and O–H groups in total. The quantitative estimate of drug-likeness (QED) is 0.485. The van der Waals surface area contributed by atoms with Crippen molar-refractivity contribution in [3.8, 4) is 11.1 Å². The van der Waals surface area contributed by atoms with Crippen LogP contribution in [0.4, 0.5) is 15.3 Å². The predicted molar refractivity (Wildman–Crippen MR) is 130 cm³/mol. The van der Waals surface area contributed by atoms with Crippen molar-refractivity contribution in [3.63, 3.8) is 0 Å². The predicted octanol–water partition coefficient (Wildman–Crippen LogP) is 6.21. The van der Waals surface area contributed by atoms with Crippen molar-refractivity contribution in [3.05, 3.63) is 60.3 Å². The monoisotopic (exact) mass is 464 g/mol. The fourth-order valence-electron chi connectivity index (χ4n) is 4.14. The number of ether oxygens (including phenoxy) is 1. The second-order valence-electron chi connectivity index (χ2n) is 9.74. The number of carbonyl (C=O) groups excluding carboxylic acids is 2. The number of furan rings is 1. The largest absolute Gasteiger partial charge is 0.464 e. The van der Waals surface area contributed by atoms with E-state index in [1.165, 1.54) is 4.68 Å². The van der Waals surface area contributed by atoms with Crippen LogP contribution in [0.1, 0.15) is 58.0 Å². The lowest BCUT2D eigenvalue weighted by molar-refractivity contribution is 0.0514. The van der Waals surface area contributed by atoms with Crippen LogP contribution >= 0.6 is 0 Å². The van der Waals surface area contributed by atoms with E-state index < -0.39 is 11.7 Å². The lowest BCUT2D eigenvalue weighted by atomic mass is 10.1. The van der Waals surface area contributed by atoms with Gasteiger partial charge in [0.1, 0.15) is 17.1 Å². The number of hydrogen-bond acceptors (Lipinski definition) is 5. The normalized spacial score (nSPS) is 14.2. The molecule has 0 bridgehead atoms. The van der Waals surface area contributed by atoms with Gasteiger partial charge < -0.3 is 19.4 Å². The maximum Gasteiger partial charge on any atom is 0.435 e. The Hall–Kier alpha value is -3.55. The smallest absolute Gasteiger partial charge is 0.435 e. The van der Waals surface area contributed by atoms with Gasteiger partial charge in [0.15, 0.2) is 0 Å². The molecule has 2 amide bonds. The van der Waals surface area contributed by atoms with Crippen LogP contribution in [-0.2, 0) is 11.3 Å². The number of amides is 2. The van der Waals surface area contributed by atoms with E-state index in [1.807, 2.05) is 69.0 Å². The van der Waals surface area contributed by atoms with Crippen LogP contribution in [-0.4, -0.2) is 38.4 Å². The van der Waals surface area contributed by atoms with Gasteiger partial charge in [0.25, 0.3) is 0 Å². The van der Waals surface area contributed by atoms with Crippen LogP contribution in [0, 0.1) is 6.92 Å². The van der Waals surface area contributed by atoms with Gasteiger partial charge in [0.05, 0.1) is 12.7 Å². The van der Waals surface area contributed by atoms with Crippen LogP contribution in [0.15, 0.2) is 53.2 Å². The molecule has 0 spiro atoms. The van der Waals surface area contributed by atoms with E-state index in [-0.39, 0.29) is 12.1 Å². The van der Waals surface area contributed by atoms with Gasteiger partial charge in [-0.05, 0) is 70.4 Å². The molecule has 0 atom stereocenters. The molecule has 0 saturated heterocycles. The highest BCUT2D eigenvalue weighted by Crippen LogP contribution is 2.27. The number of benzene rings is 1. The summed E-state index contributed by atoms with van der Waals surface area (Å²) in [5, 5.41) is 7.14. The molecule has 0 radical (unpaired) electrons. The van der Waals surface area contributed by atoms with Crippen molar-refractivity contribution in [2.75, 3.05) is 5.32 Å². The molecule has 1 aromatic carbocycles. The summed E-state index contributed by atoms with van der Waals surface area (Å²) < 4.78 is 12.3. The maximum atomic E-state index is 13.2. The molecule has 8 heteroatoms. The Kier molecular flexibility index (Phi) is 6.77. The van der Waals surface area contributed by atoms with E-state index >= 15 is 0 Å². The highest BCUT2D eigenvalue weighted by molar-refractivity contribution is 5.90. The van der Waals surface area contributed by atoms with Crippen LogP contribution in [0.25, 0.3) is 11.1 Å². The Morgan fingerprint density at radius 2 is 1.82 bits per heavy atom. The minimum Gasteiger partial charge on any atom is -0.464 e. The lowest BCUT2D eigenvalue weighted by Gasteiger charge is -2.28. The fraction of sp³-hybridized carbons (Fsp3) is 0.423. The van der Waals surface area contributed by atoms with E-state index in [0.29, 0.717) is 12.2 Å². The number of nitrogens with one attached hydrogen (secondary N) is 1. The van der Waals surface area contributed by atoms with Gasteiger partial charge in [-0.25, -0.2) is 9.59 Å². The summed E-state index contributed by atoms with van der Waals surface area (Å²) in [4.78, 5) is 27.3. The molecule has 180 valence electrons. The SMILES string of the molecule is Cc1ccc(CN(C(=O)Nc2ccc(-c3cnn(C(=O)OC(C)(C)C)c3)cc2)C2CCCC2)o1. The molecule has 0 aliphatic heterocycles. The molecule has 8 nitrogen and oxygen atoms in total. The molecule has 1 saturated carbocycles. The summed E-state index contributed by atoms with van der Waals surface area (Å²) in [7, 11) is 0. The Labute approximate surface area is 199 Å². The van der Waals surface area contributed by atoms with E-state index in [9.17, 15) is 9.59 Å². The van der Waals surface area contributed by atoms with Gasteiger partial charge in [-0.2, -0.15) is 9.78 Å². The van der Waals surface area contributed by atoms with Crippen LogP contribution in [0.3, 0.4) is 0 Å². The van der Waals surface area contributed by atoms with Gasteiger partial charge >= 0.3 is 12.1 Å². The molecule has 34 heavy (non-hydrogen) atoms. The molecule has 1 aliphatic rings. The molecular formula is C26H32N4O4. The average Bonchev–Trinajstić information content (AvgIpc) is 3.53. The molecule has 3 aromatic rings. The first-order valence-corrected chi connectivity index (χ1v) is 11.7. The minimum atomic E-state index is -0.592. The number of aromatic nitrogens is 2. The minimum absolute atomic E-state index is 0.133. The van der Waals surface area contributed by atoms with Crippen molar-refractivity contribution in [2.45, 2.75) is 71.6 Å².